The van der Waals surface area contributed by atoms with Crippen LogP contribution in [0.3, 0.4) is 0 Å². The van der Waals surface area contributed by atoms with Crippen LogP contribution in [-0.4, -0.2) is 39.0 Å². The maximum Gasteiger partial charge on any atom is 0.164 e. The number of thiophene rings is 2. The molecule has 10 heteroatoms. The Morgan fingerprint density at radius 2 is 0.482 bits per heavy atom. The van der Waals surface area contributed by atoms with Gasteiger partial charge in [-0.3, -0.25) is 0 Å². The highest BCUT2D eigenvalue weighted by molar-refractivity contribution is 7.26. The zero-order valence-corrected chi connectivity index (χ0v) is 62.0. The molecule has 8 nitrogen and oxygen atoms in total. The Kier molecular flexibility index (Phi) is 16.4. The first-order valence-corrected chi connectivity index (χ1v) is 39.2. The second-order valence-corrected chi connectivity index (χ2v) is 30.2. The van der Waals surface area contributed by atoms with E-state index >= 15 is 0 Å². The summed E-state index contributed by atoms with van der Waals surface area (Å²) in [6.07, 6.45) is 0. The van der Waals surface area contributed by atoms with E-state index in [0.29, 0.717) is 34.9 Å². The molecule has 0 aliphatic carbocycles. The lowest BCUT2D eigenvalue weighted by atomic mass is 10.00. The third-order valence-corrected chi connectivity index (χ3v) is 23.7. The van der Waals surface area contributed by atoms with Crippen LogP contribution in [-0.2, 0) is 0 Å². The van der Waals surface area contributed by atoms with Gasteiger partial charge < -0.3 is 9.13 Å². The van der Waals surface area contributed by atoms with Gasteiger partial charge in [-0.1, -0.05) is 315 Å². The lowest BCUT2D eigenvalue weighted by Gasteiger charge is -2.12. The predicted octanol–water partition coefficient (Wildman–Crippen LogP) is 27.3. The van der Waals surface area contributed by atoms with Crippen molar-refractivity contribution in [3.63, 3.8) is 0 Å². The van der Waals surface area contributed by atoms with Crippen LogP contribution in [0.5, 0.6) is 0 Å². The number of hydrogen-bond donors (Lipinski definition) is 0. The van der Waals surface area contributed by atoms with Crippen molar-refractivity contribution in [1.82, 2.24) is 39.0 Å². The number of aromatic nitrogens is 8. The van der Waals surface area contributed by atoms with Crippen molar-refractivity contribution in [2.45, 2.75) is 0 Å². The fraction of sp³-hybridized carbons (Fsp3) is 0. The first kappa shape index (κ1) is 65.8. The molecule has 0 unspecified atom stereocenters. The Bertz CT molecular complexity index is 7320. The average molecular weight is 1470 g/mol. The van der Waals surface area contributed by atoms with Gasteiger partial charge in [-0.25, -0.2) is 29.9 Å². The molecule has 16 aromatic carbocycles. The number of rotatable bonds is 12. The minimum atomic E-state index is 0.624. The average Bonchev–Trinajstić information content (AvgIpc) is 1.58. The highest BCUT2D eigenvalue weighted by atomic mass is 32.1. The van der Waals surface area contributed by atoms with Gasteiger partial charge in [-0.05, 0) is 117 Å². The largest absolute Gasteiger partial charge is 0.309 e. The molecular formula is C102H64N8S2. The molecule has 22 aromatic rings. The van der Waals surface area contributed by atoms with Gasteiger partial charge in [0.25, 0.3) is 0 Å². The molecule has 0 aliphatic heterocycles. The Labute approximate surface area is 653 Å². The normalized spacial score (nSPS) is 11.6. The van der Waals surface area contributed by atoms with Crippen LogP contribution in [0.1, 0.15) is 0 Å². The molecule has 0 saturated carbocycles. The summed E-state index contributed by atoms with van der Waals surface area (Å²) in [6.45, 7) is 0. The minimum absolute atomic E-state index is 0.624. The first-order chi connectivity index (χ1) is 55.5. The molecule has 0 bridgehead atoms. The molecule has 0 fully saturated rings. The van der Waals surface area contributed by atoms with Crippen molar-refractivity contribution < 1.29 is 0 Å². The van der Waals surface area contributed by atoms with Crippen molar-refractivity contribution in [2.24, 2.45) is 0 Å². The third kappa shape index (κ3) is 11.9. The van der Waals surface area contributed by atoms with Gasteiger partial charge >= 0.3 is 0 Å². The van der Waals surface area contributed by atoms with Gasteiger partial charge in [0.15, 0.2) is 34.9 Å². The molecule has 524 valence electrons. The van der Waals surface area contributed by atoms with Gasteiger partial charge in [0, 0.05) is 107 Å². The second-order valence-electron chi connectivity index (χ2n) is 28.1. The van der Waals surface area contributed by atoms with Crippen molar-refractivity contribution in [1.29, 1.82) is 0 Å². The van der Waals surface area contributed by atoms with Gasteiger partial charge in [0.1, 0.15) is 0 Å². The monoisotopic (exact) mass is 1460 g/mol. The van der Waals surface area contributed by atoms with E-state index in [1.54, 1.807) is 0 Å². The number of fused-ring (bicyclic) bond motifs is 12. The van der Waals surface area contributed by atoms with E-state index in [9.17, 15) is 0 Å². The second kappa shape index (κ2) is 28.0. The van der Waals surface area contributed by atoms with Crippen LogP contribution >= 0.6 is 22.7 Å². The van der Waals surface area contributed by atoms with Crippen LogP contribution in [0.2, 0.25) is 0 Å². The number of nitrogens with zero attached hydrogens (tertiary/aromatic N) is 8. The zero-order chi connectivity index (χ0) is 74.0. The fourth-order valence-electron chi connectivity index (χ4n) is 16.0. The molecule has 0 N–H and O–H groups in total. The Morgan fingerprint density at radius 3 is 0.946 bits per heavy atom. The lowest BCUT2D eigenvalue weighted by Crippen LogP contribution is -2.01. The molecule has 22 rings (SSSR count). The fourth-order valence-corrected chi connectivity index (χ4v) is 18.4. The molecule has 0 aliphatic rings. The van der Waals surface area contributed by atoms with Crippen LogP contribution in [0, 0.1) is 0 Å². The summed E-state index contributed by atoms with van der Waals surface area (Å²) in [6, 6.07) is 137. The maximum absolute atomic E-state index is 5.15. The summed E-state index contributed by atoms with van der Waals surface area (Å²) in [5, 5.41) is 10.0. The minimum Gasteiger partial charge on any atom is -0.309 e. The number of benzene rings is 16. The SMILES string of the molecule is c1ccc(-c2ccc3c(c2)c2ccc(-c4cccc5c4sc4ccccc45)cc2n3-c2cccc(-c3nc(-c4ccccc4)nc(-c4ccccc4)n3)c2)cc1.c1ccc(-c2cccc(-c3nc(-c4ccccc4)nc(-c4cccc(-n5c6ccccc6c6ccc(-c7cccc8c7sc7ccccc78)cc65)c4)n3)c2)cc1. The third-order valence-electron chi connectivity index (χ3n) is 21.3. The van der Waals surface area contributed by atoms with Crippen LogP contribution in [0.4, 0.5) is 0 Å². The highest BCUT2D eigenvalue weighted by Gasteiger charge is 2.22. The summed E-state index contributed by atoms with van der Waals surface area (Å²) in [5.74, 6) is 3.81. The smallest absolute Gasteiger partial charge is 0.164 e. The van der Waals surface area contributed by atoms with Crippen LogP contribution in [0.15, 0.2) is 388 Å². The van der Waals surface area contributed by atoms with Crippen molar-refractivity contribution in [3.05, 3.63) is 388 Å². The summed E-state index contributed by atoms with van der Waals surface area (Å²) >= 11 is 3.73. The van der Waals surface area contributed by atoms with E-state index in [-0.39, 0.29) is 0 Å². The van der Waals surface area contributed by atoms with E-state index in [0.717, 1.165) is 77.9 Å². The van der Waals surface area contributed by atoms with Gasteiger partial charge in [-0.2, -0.15) is 0 Å². The van der Waals surface area contributed by atoms with Crippen LogP contribution < -0.4 is 0 Å². The Morgan fingerprint density at radius 1 is 0.170 bits per heavy atom. The predicted molar refractivity (Wildman–Crippen MR) is 468 cm³/mol. The highest BCUT2D eigenvalue weighted by Crippen LogP contribution is 2.46. The number of para-hydroxylation sites is 1. The summed E-state index contributed by atoms with van der Waals surface area (Å²) in [7, 11) is 0. The molecule has 0 atom stereocenters. The van der Waals surface area contributed by atoms with Gasteiger partial charge in [-0.15, -0.1) is 22.7 Å². The van der Waals surface area contributed by atoms with E-state index in [1.807, 2.05) is 108 Å². The Balaban J connectivity index is 0.000000141. The van der Waals surface area contributed by atoms with E-state index in [2.05, 4.69) is 312 Å². The maximum atomic E-state index is 5.15. The summed E-state index contributed by atoms with van der Waals surface area (Å²) in [4.78, 5) is 30.3. The van der Waals surface area contributed by atoms with Crippen molar-refractivity contribution >= 4 is 107 Å². The molecule has 6 aromatic heterocycles. The van der Waals surface area contributed by atoms with E-state index in [4.69, 9.17) is 29.9 Å². The van der Waals surface area contributed by atoms with Gasteiger partial charge in [0.05, 0.1) is 22.1 Å². The van der Waals surface area contributed by atoms with Gasteiger partial charge in [0.2, 0.25) is 0 Å². The van der Waals surface area contributed by atoms with Crippen LogP contribution in [0.25, 0.3) is 208 Å². The van der Waals surface area contributed by atoms with Crippen molar-refractivity contribution in [3.8, 4) is 124 Å². The number of hydrogen-bond acceptors (Lipinski definition) is 8. The summed E-state index contributed by atoms with van der Waals surface area (Å²) < 4.78 is 10.0. The van der Waals surface area contributed by atoms with E-state index in [1.165, 1.54) is 95.3 Å². The molecule has 6 heterocycles. The quantitative estimate of drug-likeness (QED) is 0.121. The molecule has 0 spiro atoms. The Hall–Kier alpha value is -14.4. The van der Waals surface area contributed by atoms with E-state index < -0.39 is 0 Å². The molecule has 0 saturated heterocycles. The standard InChI is InChI=1S/2C51H32N4S/c1-4-14-33(15-5-1)36-27-29-45-44(31-36)41-28-26-37(40-23-13-24-43-42-22-10-11-25-47(42)56-48(40)43)32-46(41)55(45)39-21-12-20-38(30-39)51-53-49(34-16-6-2-7-17-34)52-50(54-51)35-18-8-3-9-19-35;1-3-14-33(15-4-1)35-18-11-19-37(30-35)50-52-49(34-16-5-2-6-17-34)53-51(54-50)38-20-12-21-39(31-38)55-45-26-9-7-22-41(45)42-29-28-36(32-46(42)55)40-24-13-25-44-43-23-8-10-27-47(43)56-48(40)44/h2*1-32H. The first-order valence-electron chi connectivity index (χ1n) is 37.5. The summed E-state index contributed by atoms with van der Waals surface area (Å²) in [5.41, 5.74) is 21.8. The zero-order valence-electron chi connectivity index (χ0n) is 60.3. The lowest BCUT2D eigenvalue weighted by molar-refractivity contribution is 1.07. The topological polar surface area (TPSA) is 87.2 Å². The molecule has 0 amide bonds. The molecular weight excluding hydrogens is 1400 g/mol. The molecule has 112 heavy (non-hydrogen) atoms. The molecule has 0 radical (unpaired) electrons. The van der Waals surface area contributed by atoms with Crippen molar-refractivity contribution in [2.75, 3.05) is 0 Å².